The number of methoxy groups -OCH3 is 1. The van der Waals surface area contributed by atoms with Gasteiger partial charge in [-0.25, -0.2) is 17.2 Å². The standard InChI is InChI=1S/C25H33F2N3O5S/c1-7-22(24(32)28-25(2,3)4)29(15-17-9-8-10-19(13-17)35-5)23(31)16-30(36(6,33)34)18-11-12-20(26)21(27)14-18/h8-14,22H,7,15-16H2,1-6H3,(H,28,32)/t22-/m1/s1. The third-order valence-corrected chi connectivity index (χ3v) is 6.38. The van der Waals surface area contributed by atoms with E-state index in [4.69, 9.17) is 4.74 Å². The van der Waals surface area contributed by atoms with Crippen LogP contribution in [0.4, 0.5) is 14.5 Å². The van der Waals surface area contributed by atoms with Crippen LogP contribution in [0.5, 0.6) is 5.75 Å². The second-order valence-electron chi connectivity index (χ2n) is 9.40. The summed E-state index contributed by atoms with van der Waals surface area (Å²) < 4.78 is 58.3. The van der Waals surface area contributed by atoms with Gasteiger partial charge in [-0.1, -0.05) is 19.1 Å². The van der Waals surface area contributed by atoms with E-state index in [1.807, 2.05) is 0 Å². The molecule has 0 bridgehead atoms. The van der Waals surface area contributed by atoms with E-state index in [-0.39, 0.29) is 18.7 Å². The number of nitrogens with zero attached hydrogens (tertiary/aromatic N) is 2. The molecule has 0 unspecified atom stereocenters. The van der Waals surface area contributed by atoms with Gasteiger partial charge in [-0.2, -0.15) is 0 Å². The summed E-state index contributed by atoms with van der Waals surface area (Å²) in [5.41, 5.74) is -0.124. The Kier molecular flexibility index (Phi) is 9.42. The highest BCUT2D eigenvalue weighted by Crippen LogP contribution is 2.23. The summed E-state index contributed by atoms with van der Waals surface area (Å²) in [6.45, 7) is 6.43. The monoisotopic (exact) mass is 525 g/mol. The maximum absolute atomic E-state index is 13.9. The molecule has 36 heavy (non-hydrogen) atoms. The average molecular weight is 526 g/mol. The Morgan fingerprint density at radius 1 is 1.08 bits per heavy atom. The number of amides is 2. The van der Waals surface area contributed by atoms with Gasteiger partial charge >= 0.3 is 0 Å². The fraction of sp³-hybridized carbons (Fsp3) is 0.440. The molecule has 2 aromatic carbocycles. The summed E-state index contributed by atoms with van der Waals surface area (Å²) in [6.07, 6.45) is 1.11. The molecule has 8 nitrogen and oxygen atoms in total. The van der Waals surface area contributed by atoms with E-state index >= 15 is 0 Å². The molecule has 11 heteroatoms. The van der Waals surface area contributed by atoms with E-state index in [9.17, 15) is 26.8 Å². The van der Waals surface area contributed by atoms with Crippen LogP contribution in [0.3, 0.4) is 0 Å². The predicted octanol–water partition coefficient (Wildman–Crippen LogP) is 3.46. The molecule has 0 spiro atoms. The lowest BCUT2D eigenvalue weighted by Crippen LogP contribution is -2.55. The summed E-state index contributed by atoms with van der Waals surface area (Å²) in [7, 11) is -2.57. The van der Waals surface area contributed by atoms with E-state index < -0.39 is 51.6 Å². The molecule has 1 N–H and O–H groups in total. The van der Waals surface area contributed by atoms with Crippen molar-refractivity contribution in [3.8, 4) is 5.75 Å². The van der Waals surface area contributed by atoms with Crippen LogP contribution in [-0.2, 0) is 26.2 Å². The molecular formula is C25H33F2N3O5S. The van der Waals surface area contributed by atoms with Crippen LogP contribution in [0.15, 0.2) is 42.5 Å². The van der Waals surface area contributed by atoms with Crippen molar-refractivity contribution in [2.24, 2.45) is 0 Å². The number of carbonyl (C=O) groups excluding carboxylic acids is 2. The van der Waals surface area contributed by atoms with Gasteiger partial charge in [0.05, 0.1) is 19.1 Å². The van der Waals surface area contributed by atoms with Crippen LogP contribution in [0, 0.1) is 11.6 Å². The van der Waals surface area contributed by atoms with Crippen molar-refractivity contribution in [3.05, 3.63) is 59.7 Å². The molecule has 0 heterocycles. The number of halogens is 2. The zero-order valence-electron chi connectivity index (χ0n) is 21.3. The highest BCUT2D eigenvalue weighted by molar-refractivity contribution is 7.92. The van der Waals surface area contributed by atoms with Gasteiger partial charge in [0.15, 0.2) is 11.6 Å². The molecule has 0 aromatic heterocycles. The lowest BCUT2D eigenvalue weighted by molar-refractivity contribution is -0.141. The first-order valence-electron chi connectivity index (χ1n) is 11.3. The minimum Gasteiger partial charge on any atom is -0.497 e. The minimum absolute atomic E-state index is 0.0124. The lowest BCUT2D eigenvalue weighted by atomic mass is 10.1. The number of carbonyl (C=O) groups is 2. The molecule has 0 aliphatic carbocycles. The van der Waals surface area contributed by atoms with Gasteiger partial charge in [-0.05, 0) is 57.0 Å². The minimum atomic E-state index is -4.06. The molecule has 2 aromatic rings. The van der Waals surface area contributed by atoms with Gasteiger partial charge in [-0.3, -0.25) is 13.9 Å². The van der Waals surface area contributed by atoms with E-state index in [0.29, 0.717) is 21.7 Å². The van der Waals surface area contributed by atoms with E-state index in [1.54, 1.807) is 52.0 Å². The van der Waals surface area contributed by atoms with Gasteiger partial charge in [0.2, 0.25) is 21.8 Å². The smallest absolute Gasteiger partial charge is 0.244 e. The Balaban J connectivity index is 2.49. The Hall–Kier alpha value is -3.21. The first-order valence-corrected chi connectivity index (χ1v) is 13.2. The molecule has 198 valence electrons. The predicted molar refractivity (Wildman–Crippen MR) is 134 cm³/mol. The van der Waals surface area contributed by atoms with Crippen molar-refractivity contribution in [2.45, 2.75) is 52.2 Å². The van der Waals surface area contributed by atoms with Crippen molar-refractivity contribution in [2.75, 3.05) is 24.2 Å². The molecule has 1 atom stereocenters. The summed E-state index contributed by atoms with van der Waals surface area (Å²) in [5.74, 6) is -2.95. The zero-order chi connectivity index (χ0) is 27.3. The van der Waals surface area contributed by atoms with E-state index in [2.05, 4.69) is 5.32 Å². The number of hydrogen-bond acceptors (Lipinski definition) is 5. The number of benzene rings is 2. The van der Waals surface area contributed by atoms with Crippen LogP contribution in [0.2, 0.25) is 0 Å². The molecule has 0 aliphatic heterocycles. The first kappa shape index (κ1) is 29.0. The van der Waals surface area contributed by atoms with Gasteiger partial charge < -0.3 is 15.0 Å². The van der Waals surface area contributed by atoms with Crippen LogP contribution in [0.1, 0.15) is 39.7 Å². The lowest BCUT2D eigenvalue weighted by Gasteiger charge is -2.34. The Bertz CT molecular complexity index is 1200. The number of anilines is 1. The number of rotatable bonds is 10. The summed E-state index contributed by atoms with van der Waals surface area (Å²) in [6, 6.07) is 8.56. The fourth-order valence-electron chi connectivity index (χ4n) is 3.59. The topological polar surface area (TPSA) is 96.0 Å². The maximum Gasteiger partial charge on any atom is 0.244 e. The van der Waals surface area contributed by atoms with Gasteiger partial charge in [0.1, 0.15) is 18.3 Å². The van der Waals surface area contributed by atoms with E-state index in [1.165, 1.54) is 12.0 Å². The normalized spacial score (nSPS) is 12.6. The molecule has 0 fully saturated rings. The third kappa shape index (κ3) is 7.91. The number of nitrogens with one attached hydrogen (secondary N) is 1. The van der Waals surface area contributed by atoms with Crippen LogP contribution in [0.25, 0.3) is 0 Å². The molecule has 2 amide bonds. The van der Waals surface area contributed by atoms with Crippen LogP contribution in [-0.4, -0.2) is 56.6 Å². The van der Waals surface area contributed by atoms with Crippen molar-refractivity contribution in [1.82, 2.24) is 10.2 Å². The summed E-state index contributed by atoms with van der Waals surface area (Å²) in [4.78, 5) is 28.0. The van der Waals surface area contributed by atoms with Crippen molar-refractivity contribution < 1.29 is 31.5 Å². The molecule has 0 radical (unpaired) electrons. The van der Waals surface area contributed by atoms with Gasteiger partial charge in [0.25, 0.3) is 0 Å². The SMILES string of the molecule is CC[C@H](C(=O)NC(C)(C)C)N(Cc1cccc(OC)c1)C(=O)CN(c1ccc(F)c(F)c1)S(C)(=O)=O. The Morgan fingerprint density at radius 3 is 2.28 bits per heavy atom. The summed E-state index contributed by atoms with van der Waals surface area (Å²) >= 11 is 0. The van der Waals surface area contributed by atoms with Gasteiger partial charge in [0, 0.05) is 18.2 Å². The third-order valence-electron chi connectivity index (χ3n) is 5.24. The Morgan fingerprint density at radius 2 is 1.75 bits per heavy atom. The number of ether oxygens (including phenoxy) is 1. The van der Waals surface area contributed by atoms with Crippen LogP contribution < -0.4 is 14.4 Å². The molecule has 0 aliphatic rings. The van der Waals surface area contributed by atoms with Crippen molar-refractivity contribution >= 4 is 27.5 Å². The average Bonchev–Trinajstić information content (AvgIpc) is 2.77. The van der Waals surface area contributed by atoms with E-state index in [0.717, 1.165) is 18.4 Å². The highest BCUT2D eigenvalue weighted by Gasteiger charge is 2.33. The number of sulfonamides is 1. The molecule has 0 saturated heterocycles. The largest absolute Gasteiger partial charge is 0.497 e. The first-order chi connectivity index (χ1) is 16.7. The highest BCUT2D eigenvalue weighted by atomic mass is 32.2. The molecule has 0 saturated carbocycles. The fourth-order valence-corrected chi connectivity index (χ4v) is 4.44. The van der Waals surface area contributed by atoms with Crippen molar-refractivity contribution in [3.63, 3.8) is 0 Å². The summed E-state index contributed by atoms with van der Waals surface area (Å²) in [5, 5.41) is 2.86. The zero-order valence-corrected chi connectivity index (χ0v) is 22.2. The van der Waals surface area contributed by atoms with Crippen molar-refractivity contribution in [1.29, 1.82) is 0 Å². The second-order valence-corrected chi connectivity index (χ2v) is 11.3. The van der Waals surface area contributed by atoms with Gasteiger partial charge in [-0.15, -0.1) is 0 Å². The maximum atomic E-state index is 13.9. The number of hydrogen-bond donors (Lipinski definition) is 1. The Labute approximate surface area is 211 Å². The van der Waals surface area contributed by atoms with Crippen LogP contribution >= 0.6 is 0 Å². The molecule has 2 rings (SSSR count). The quantitative estimate of drug-likeness (QED) is 0.513. The molecular weight excluding hydrogens is 492 g/mol. The second kappa shape index (κ2) is 11.7.